The van der Waals surface area contributed by atoms with Crippen LogP contribution in [0.5, 0.6) is 0 Å². The minimum absolute atomic E-state index is 0.200. The van der Waals surface area contributed by atoms with E-state index < -0.39 is 19.3 Å². The summed E-state index contributed by atoms with van der Waals surface area (Å²) in [5.74, 6) is -0.880. The highest BCUT2D eigenvalue weighted by Gasteiger charge is 2.22. The van der Waals surface area contributed by atoms with Crippen molar-refractivity contribution in [3.8, 4) is 0 Å². The molecule has 5 N–H and O–H groups in total. The normalized spacial score (nSPS) is 12.2. The highest BCUT2D eigenvalue weighted by atomic mass is 16.6. The Morgan fingerprint density at radius 3 is 3.00 bits per heavy atom. The number of H-pyrrole nitrogens is 1. The summed E-state index contributed by atoms with van der Waals surface area (Å²) in [4.78, 5) is 17.5. The third-order valence-corrected chi connectivity index (χ3v) is 1.52. The second-order valence-corrected chi connectivity index (χ2v) is 2.65. The standard InChI is InChI=1S/C6H10BN3O4/c8-5(6(11)14-7(12)13)1-4-2-9-3-10-4/h2-3,5,12-13H,1,8H2,(H,9,10)/t5-/m0/s1. The number of carbonyl (C=O) groups is 1. The molecule has 0 saturated heterocycles. The van der Waals surface area contributed by atoms with Crippen molar-refractivity contribution >= 4 is 13.3 Å². The molecule has 8 heteroatoms. The maximum Gasteiger partial charge on any atom is 0.709 e. The largest absolute Gasteiger partial charge is 0.709 e. The first-order chi connectivity index (χ1) is 6.59. The van der Waals surface area contributed by atoms with Crippen LogP contribution >= 0.6 is 0 Å². The number of hydrogen-bond donors (Lipinski definition) is 4. The molecule has 0 amide bonds. The maximum absolute atomic E-state index is 11.0. The van der Waals surface area contributed by atoms with Gasteiger partial charge in [0, 0.05) is 18.3 Å². The fourth-order valence-corrected chi connectivity index (χ4v) is 0.908. The lowest BCUT2D eigenvalue weighted by molar-refractivity contribution is -0.138. The molecule has 0 aromatic carbocycles. The average Bonchev–Trinajstić information content (AvgIpc) is 2.55. The van der Waals surface area contributed by atoms with Gasteiger partial charge in [0.05, 0.1) is 6.33 Å². The zero-order chi connectivity index (χ0) is 10.6. The van der Waals surface area contributed by atoms with Crippen LogP contribution in [0.25, 0.3) is 0 Å². The van der Waals surface area contributed by atoms with Crippen LogP contribution in [-0.4, -0.2) is 39.3 Å². The molecule has 7 nitrogen and oxygen atoms in total. The smallest absolute Gasteiger partial charge is 0.484 e. The van der Waals surface area contributed by atoms with E-state index in [0.717, 1.165) is 0 Å². The molecule has 1 atom stereocenters. The minimum atomic E-state index is -2.13. The van der Waals surface area contributed by atoms with Gasteiger partial charge in [-0.3, -0.25) is 4.79 Å². The van der Waals surface area contributed by atoms with Crippen LogP contribution in [0.4, 0.5) is 0 Å². The predicted molar refractivity (Wildman–Crippen MR) is 46.6 cm³/mol. The van der Waals surface area contributed by atoms with Crippen LogP contribution in [0, 0.1) is 0 Å². The summed E-state index contributed by atoms with van der Waals surface area (Å²) in [6.07, 6.45) is 3.17. The topological polar surface area (TPSA) is 121 Å². The third kappa shape index (κ3) is 3.17. The van der Waals surface area contributed by atoms with Crippen molar-refractivity contribution in [3.05, 3.63) is 18.2 Å². The summed E-state index contributed by atoms with van der Waals surface area (Å²) in [6.45, 7) is 0. The van der Waals surface area contributed by atoms with Crippen LogP contribution in [0.3, 0.4) is 0 Å². The van der Waals surface area contributed by atoms with Crippen LogP contribution in [0.1, 0.15) is 5.69 Å². The van der Waals surface area contributed by atoms with E-state index in [-0.39, 0.29) is 6.42 Å². The van der Waals surface area contributed by atoms with Gasteiger partial charge < -0.3 is 25.4 Å². The lowest BCUT2D eigenvalue weighted by atomic mass is 10.1. The Hall–Kier alpha value is -1.38. The van der Waals surface area contributed by atoms with E-state index in [1.165, 1.54) is 12.5 Å². The van der Waals surface area contributed by atoms with Gasteiger partial charge in [-0.2, -0.15) is 0 Å². The van der Waals surface area contributed by atoms with E-state index >= 15 is 0 Å². The fourth-order valence-electron chi connectivity index (χ4n) is 0.908. The molecule has 76 valence electrons. The van der Waals surface area contributed by atoms with E-state index in [4.69, 9.17) is 15.8 Å². The molecule has 0 spiro atoms. The van der Waals surface area contributed by atoms with Crippen LogP contribution in [-0.2, 0) is 15.9 Å². The number of carbonyl (C=O) groups excluding carboxylic acids is 1. The molecule has 0 fully saturated rings. The van der Waals surface area contributed by atoms with Gasteiger partial charge in [-0.05, 0) is 0 Å². The number of aromatic amines is 1. The Morgan fingerprint density at radius 2 is 2.50 bits per heavy atom. The maximum atomic E-state index is 11.0. The quantitative estimate of drug-likeness (QED) is 0.408. The molecule has 0 aliphatic rings. The van der Waals surface area contributed by atoms with E-state index in [2.05, 4.69) is 14.6 Å². The Labute approximate surface area is 80.1 Å². The van der Waals surface area contributed by atoms with Crippen molar-refractivity contribution in [1.82, 2.24) is 9.97 Å². The van der Waals surface area contributed by atoms with Crippen molar-refractivity contribution in [2.75, 3.05) is 0 Å². The Kier molecular flexibility index (Phi) is 3.63. The van der Waals surface area contributed by atoms with E-state index in [0.29, 0.717) is 5.69 Å². The van der Waals surface area contributed by atoms with Gasteiger partial charge in [-0.25, -0.2) is 4.98 Å². The SMILES string of the molecule is N[C@@H](Cc1cnc[nH]1)C(=O)OB(O)O. The Morgan fingerprint density at radius 1 is 1.79 bits per heavy atom. The van der Waals surface area contributed by atoms with Crippen molar-refractivity contribution in [3.63, 3.8) is 0 Å². The first kappa shape index (κ1) is 10.7. The van der Waals surface area contributed by atoms with Crippen LogP contribution < -0.4 is 5.73 Å². The van der Waals surface area contributed by atoms with E-state index in [9.17, 15) is 4.79 Å². The predicted octanol–water partition coefficient (Wildman–Crippen LogP) is -2.21. The summed E-state index contributed by atoms with van der Waals surface area (Å²) >= 11 is 0. The fraction of sp³-hybridized carbons (Fsp3) is 0.333. The molecule has 1 heterocycles. The highest BCUT2D eigenvalue weighted by Crippen LogP contribution is 1.98. The third-order valence-electron chi connectivity index (χ3n) is 1.52. The van der Waals surface area contributed by atoms with Gasteiger partial charge in [0.15, 0.2) is 0 Å². The Balaban J connectivity index is 2.42. The second kappa shape index (κ2) is 4.75. The lowest BCUT2D eigenvalue weighted by Crippen LogP contribution is -2.38. The van der Waals surface area contributed by atoms with Gasteiger partial charge in [-0.15, -0.1) is 0 Å². The van der Waals surface area contributed by atoms with E-state index in [1.54, 1.807) is 0 Å². The number of imidazole rings is 1. The van der Waals surface area contributed by atoms with Gasteiger partial charge in [0.25, 0.3) is 0 Å². The van der Waals surface area contributed by atoms with Gasteiger partial charge in [0.1, 0.15) is 6.04 Å². The molecule has 1 aromatic rings. The van der Waals surface area contributed by atoms with Crippen molar-refractivity contribution in [1.29, 1.82) is 0 Å². The molecule has 0 aliphatic heterocycles. The summed E-state index contributed by atoms with van der Waals surface area (Å²) < 4.78 is 4.07. The van der Waals surface area contributed by atoms with Crippen LogP contribution in [0.2, 0.25) is 0 Å². The van der Waals surface area contributed by atoms with E-state index in [1.807, 2.05) is 0 Å². The number of nitrogens with one attached hydrogen (secondary N) is 1. The lowest BCUT2D eigenvalue weighted by Gasteiger charge is -2.09. The first-order valence-electron chi connectivity index (χ1n) is 3.89. The molecule has 14 heavy (non-hydrogen) atoms. The number of nitrogens with two attached hydrogens (primary N) is 1. The van der Waals surface area contributed by atoms with Gasteiger partial charge in [-0.1, -0.05) is 0 Å². The molecule has 0 aliphatic carbocycles. The van der Waals surface area contributed by atoms with Crippen LogP contribution in [0.15, 0.2) is 12.5 Å². The number of nitrogens with zero attached hydrogens (tertiary/aromatic N) is 1. The molecule has 0 saturated carbocycles. The van der Waals surface area contributed by atoms with Crippen molar-refractivity contribution in [2.24, 2.45) is 5.73 Å². The minimum Gasteiger partial charge on any atom is -0.484 e. The van der Waals surface area contributed by atoms with Gasteiger partial charge in [0.2, 0.25) is 0 Å². The summed E-state index contributed by atoms with van der Waals surface area (Å²) in [7, 11) is -2.13. The molecular formula is C6H10BN3O4. The van der Waals surface area contributed by atoms with Gasteiger partial charge >= 0.3 is 13.3 Å². The monoisotopic (exact) mass is 199 g/mol. The highest BCUT2D eigenvalue weighted by molar-refractivity contribution is 6.35. The molecule has 0 radical (unpaired) electrons. The molecule has 0 bridgehead atoms. The summed E-state index contributed by atoms with van der Waals surface area (Å²) in [5.41, 5.74) is 6.08. The summed E-state index contributed by atoms with van der Waals surface area (Å²) in [5, 5.41) is 16.7. The first-order valence-corrected chi connectivity index (χ1v) is 3.89. The zero-order valence-electron chi connectivity index (χ0n) is 7.25. The van der Waals surface area contributed by atoms with Crippen molar-refractivity contribution < 1.29 is 19.5 Å². The van der Waals surface area contributed by atoms with Crippen molar-refractivity contribution in [2.45, 2.75) is 12.5 Å². The number of rotatable bonds is 4. The average molecular weight is 199 g/mol. The molecule has 1 aromatic heterocycles. The Bertz CT molecular complexity index is 289. The molecular weight excluding hydrogens is 189 g/mol. The number of aromatic nitrogens is 2. The number of hydrogen-bond acceptors (Lipinski definition) is 6. The second-order valence-electron chi connectivity index (χ2n) is 2.65. The molecule has 1 rings (SSSR count). The summed E-state index contributed by atoms with van der Waals surface area (Å²) in [6, 6.07) is -0.947. The molecule has 0 unspecified atom stereocenters. The zero-order valence-corrected chi connectivity index (χ0v) is 7.25.